The van der Waals surface area contributed by atoms with Gasteiger partial charge in [0.1, 0.15) is 12.4 Å². The van der Waals surface area contributed by atoms with Crippen LogP contribution in [0.15, 0.2) is 84.9 Å². The Kier molecular flexibility index (Phi) is 4.68. The van der Waals surface area contributed by atoms with E-state index < -0.39 is 0 Å². The number of ether oxygens (including phenoxy) is 2. The summed E-state index contributed by atoms with van der Waals surface area (Å²) in [5, 5.41) is 0. The Morgan fingerprint density at radius 1 is 0.889 bits per heavy atom. The number of hydrogen-bond acceptors (Lipinski definition) is 3. The SMILES string of the molecule is COc1ccc(COC(=O)[C@H]2CC2(c2ccccc2)c2ccccc2)cc1. The summed E-state index contributed by atoms with van der Waals surface area (Å²) in [7, 11) is 1.63. The van der Waals surface area contributed by atoms with E-state index in [2.05, 4.69) is 24.3 Å². The monoisotopic (exact) mass is 358 g/mol. The fourth-order valence-corrected chi connectivity index (χ4v) is 3.80. The first kappa shape index (κ1) is 17.3. The first-order chi connectivity index (χ1) is 13.2. The molecular formula is C24H22O3. The van der Waals surface area contributed by atoms with Gasteiger partial charge in [0.15, 0.2) is 0 Å². The van der Waals surface area contributed by atoms with Gasteiger partial charge in [0.2, 0.25) is 0 Å². The molecule has 0 radical (unpaired) electrons. The smallest absolute Gasteiger partial charge is 0.310 e. The molecule has 1 fully saturated rings. The number of esters is 1. The maximum absolute atomic E-state index is 12.8. The maximum Gasteiger partial charge on any atom is 0.310 e. The third-order valence-corrected chi connectivity index (χ3v) is 5.36. The molecule has 0 unspecified atom stereocenters. The average Bonchev–Trinajstić information content (AvgIpc) is 3.51. The molecule has 0 bridgehead atoms. The van der Waals surface area contributed by atoms with Crippen molar-refractivity contribution < 1.29 is 14.3 Å². The molecule has 3 nitrogen and oxygen atoms in total. The van der Waals surface area contributed by atoms with Gasteiger partial charge in [-0.05, 0) is 35.2 Å². The molecule has 0 N–H and O–H groups in total. The fraction of sp³-hybridized carbons (Fsp3) is 0.208. The number of benzene rings is 3. The number of rotatable bonds is 6. The molecular weight excluding hydrogens is 336 g/mol. The molecule has 0 saturated heterocycles. The molecule has 0 heterocycles. The first-order valence-electron chi connectivity index (χ1n) is 9.14. The van der Waals surface area contributed by atoms with Crippen LogP contribution in [0, 0.1) is 5.92 Å². The van der Waals surface area contributed by atoms with Crippen LogP contribution in [0.4, 0.5) is 0 Å². The van der Waals surface area contributed by atoms with E-state index in [9.17, 15) is 4.79 Å². The summed E-state index contributed by atoms with van der Waals surface area (Å²) < 4.78 is 10.8. The van der Waals surface area contributed by atoms with Gasteiger partial charge in [0, 0.05) is 5.41 Å². The van der Waals surface area contributed by atoms with Crippen LogP contribution in [0.5, 0.6) is 5.75 Å². The highest BCUT2D eigenvalue weighted by Gasteiger charge is 2.61. The lowest BCUT2D eigenvalue weighted by molar-refractivity contribution is -0.146. The zero-order chi connectivity index (χ0) is 18.7. The average molecular weight is 358 g/mol. The van der Waals surface area contributed by atoms with Gasteiger partial charge >= 0.3 is 5.97 Å². The van der Waals surface area contributed by atoms with Crippen molar-refractivity contribution in [3.63, 3.8) is 0 Å². The molecule has 1 atom stereocenters. The van der Waals surface area contributed by atoms with Crippen molar-refractivity contribution >= 4 is 5.97 Å². The van der Waals surface area contributed by atoms with Crippen LogP contribution < -0.4 is 4.74 Å². The van der Waals surface area contributed by atoms with Crippen molar-refractivity contribution in [2.45, 2.75) is 18.4 Å². The van der Waals surface area contributed by atoms with Crippen LogP contribution in [-0.4, -0.2) is 13.1 Å². The van der Waals surface area contributed by atoms with Crippen LogP contribution in [0.3, 0.4) is 0 Å². The summed E-state index contributed by atoms with van der Waals surface area (Å²) >= 11 is 0. The quantitative estimate of drug-likeness (QED) is 0.597. The molecule has 3 aromatic carbocycles. The number of methoxy groups -OCH3 is 1. The molecule has 0 amide bonds. The highest BCUT2D eigenvalue weighted by Crippen LogP contribution is 2.59. The normalized spacial score (nSPS) is 17.1. The van der Waals surface area contributed by atoms with Crippen molar-refractivity contribution in [1.29, 1.82) is 0 Å². The van der Waals surface area contributed by atoms with Gasteiger partial charge in [-0.15, -0.1) is 0 Å². The minimum atomic E-state index is -0.278. The van der Waals surface area contributed by atoms with Crippen molar-refractivity contribution in [2.24, 2.45) is 5.92 Å². The van der Waals surface area contributed by atoms with Crippen LogP contribution in [0.2, 0.25) is 0 Å². The molecule has 3 aromatic rings. The van der Waals surface area contributed by atoms with E-state index in [-0.39, 0.29) is 23.9 Å². The second-order valence-electron chi connectivity index (χ2n) is 6.92. The molecule has 3 heteroatoms. The fourth-order valence-electron chi connectivity index (χ4n) is 3.80. The summed E-state index contributed by atoms with van der Waals surface area (Å²) in [6, 6.07) is 28.1. The predicted molar refractivity (Wildman–Crippen MR) is 105 cm³/mol. The van der Waals surface area contributed by atoms with Gasteiger partial charge in [-0.2, -0.15) is 0 Å². The van der Waals surface area contributed by atoms with Gasteiger partial charge in [0.05, 0.1) is 13.0 Å². The molecule has 4 rings (SSSR count). The van der Waals surface area contributed by atoms with E-state index in [1.165, 1.54) is 11.1 Å². The van der Waals surface area contributed by atoms with Crippen LogP contribution in [-0.2, 0) is 21.6 Å². The van der Waals surface area contributed by atoms with Gasteiger partial charge in [-0.1, -0.05) is 72.8 Å². The lowest BCUT2D eigenvalue weighted by Crippen LogP contribution is -2.18. The van der Waals surface area contributed by atoms with Crippen molar-refractivity contribution in [3.05, 3.63) is 102 Å². The van der Waals surface area contributed by atoms with Crippen molar-refractivity contribution in [1.82, 2.24) is 0 Å². The van der Waals surface area contributed by atoms with E-state index in [0.29, 0.717) is 0 Å². The molecule has 0 aliphatic heterocycles. The molecule has 0 spiro atoms. The second kappa shape index (κ2) is 7.28. The Morgan fingerprint density at radius 3 is 1.96 bits per heavy atom. The molecule has 136 valence electrons. The van der Waals surface area contributed by atoms with Gasteiger partial charge in [-0.25, -0.2) is 0 Å². The number of hydrogen-bond donors (Lipinski definition) is 0. The van der Waals surface area contributed by atoms with Gasteiger partial charge < -0.3 is 9.47 Å². The second-order valence-corrected chi connectivity index (χ2v) is 6.92. The van der Waals surface area contributed by atoms with Crippen molar-refractivity contribution in [2.75, 3.05) is 7.11 Å². The molecule has 1 aliphatic rings. The standard InChI is InChI=1S/C24H22O3/c1-26-21-14-12-18(13-15-21)17-27-23(25)22-16-24(22,19-8-4-2-5-9-19)20-10-6-3-7-11-20/h2-15,22H,16-17H2,1H3/t22-/m1/s1. The summed E-state index contributed by atoms with van der Waals surface area (Å²) in [5.74, 6) is 0.499. The summed E-state index contributed by atoms with van der Waals surface area (Å²) in [6.07, 6.45) is 0.780. The Labute approximate surface area is 159 Å². The summed E-state index contributed by atoms with van der Waals surface area (Å²) in [6.45, 7) is 0.277. The third kappa shape index (κ3) is 3.33. The Morgan fingerprint density at radius 2 is 1.44 bits per heavy atom. The lowest BCUT2D eigenvalue weighted by Gasteiger charge is -2.18. The Bertz CT molecular complexity index is 862. The molecule has 27 heavy (non-hydrogen) atoms. The van der Waals surface area contributed by atoms with Crippen molar-refractivity contribution in [3.8, 4) is 5.75 Å². The highest BCUT2D eigenvalue weighted by atomic mass is 16.5. The van der Waals surface area contributed by atoms with E-state index in [1.807, 2.05) is 60.7 Å². The largest absolute Gasteiger partial charge is 0.497 e. The number of carbonyl (C=O) groups excluding carboxylic acids is 1. The van der Waals surface area contributed by atoms with Crippen LogP contribution in [0.1, 0.15) is 23.1 Å². The topological polar surface area (TPSA) is 35.5 Å². The van der Waals surface area contributed by atoms with Crippen LogP contribution in [0.25, 0.3) is 0 Å². The van der Waals surface area contributed by atoms with Crippen LogP contribution >= 0.6 is 0 Å². The molecule has 0 aromatic heterocycles. The number of carbonyl (C=O) groups is 1. The van der Waals surface area contributed by atoms with Gasteiger partial charge in [-0.3, -0.25) is 4.79 Å². The first-order valence-corrected chi connectivity index (χ1v) is 9.14. The zero-order valence-electron chi connectivity index (χ0n) is 15.3. The maximum atomic E-state index is 12.8. The summed E-state index contributed by atoms with van der Waals surface area (Å²) in [5.41, 5.74) is 3.01. The Balaban J connectivity index is 1.52. The van der Waals surface area contributed by atoms with E-state index in [1.54, 1.807) is 7.11 Å². The summed E-state index contributed by atoms with van der Waals surface area (Å²) in [4.78, 5) is 12.8. The van der Waals surface area contributed by atoms with E-state index >= 15 is 0 Å². The van der Waals surface area contributed by atoms with E-state index in [4.69, 9.17) is 9.47 Å². The molecule has 1 saturated carbocycles. The highest BCUT2D eigenvalue weighted by molar-refractivity contribution is 5.81. The zero-order valence-corrected chi connectivity index (χ0v) is 15.3. The van der Waals surface area contributed by atoms with Gasteiger partial charge in [0.25, 0.3) is 0 Å². The minimum Gasteiger partial charge on any atom is -0.497 e. The lowest BCUT2D eigenvalue weighted by atomic mass is 9.86. The minimum absolute atomic E-state index is 0.140. The third-order valence-electron chi connectivity index (χ3n) is 5.36. The predicted octanol–water partition coefficient (Wildman–Crippen LogP) is 4.74. The molecule has 1 aliphatic carbocycles. The van der Waals surface area contributed by atoms with E-state index in [0.717, 1.165) is 17.7 Å². The Hall–Kier alpha value is -3.07.